The summed E-state index contributed by atoms with van der Waals surface area (Å²) in [4.78, 5) is 1.93. The molecule has 1 rings (SSSR count). The first-order chi connectivity index (χ1) is 3.22. The van der Waals surface area contributed by atoms with Crippen molar-refractivity contribution in [2.75, 3.05) is 19.0 Å². The molecule has 1 aromatic rings. The van der Waals surface area contributed by atoms with Crippen LogP contribution >= 0.6 is 0 Å². The molecule has 0 aliphatic heterocycles. The fourth-order valence-electron chi connectivity index (χ4n) is 0.471. The number of nitrogens with one attached hydrogen (secondary N) is 1. The first-order valence-electron chi connectivity index (χ1n) is 2.20. The second-order valence-electron chi connectivity index (χ2n) is 1.84. The molecule has 0 radical (unpaired) electrons. The average molecular weight is 96.1 g/mol. The zero-order chi connectivity index (χ0) is 5.44. The average Bonchev–Trinajstić information content (AvgIpc) is 2.17. The summed E-state index contributed by atoms with van der Waals surface area (Å²) in [5, 5.41) is 7.64. The molecule has 1 N–H and O–H groups in total. The molecule has 0 unspecified atom stereocenters. The third kappa shape index (κ3) is 0.633. The Hall–Kier alpha value is -0.790. The Kier molecular flexibility index (Phi) is 0.680. The summed E-state index contributed by atoms with van der Waals surface area (Å²) in [6.45, 7) is 0. The van der Waals surface area contributed by atoms with Crippen molar-refractivity contribution >= 4 is 5.69 Å². The summed E-state index contributed by atoms with van der Waals surface area (Å²) >= 11 is 0. The van der Waals surface area contributed by atoms with Crippen molar-refractivity contribution in [2.24, 2.45) is 0 Å². The minimum absolute atomic E-state index is 0.671. The van der Waals surface area contributed by atoms with E-state index in [2.05, 4.69) is 0 Å². The van der Waals surface area contributed by atoms with Crippen LogP contribution < -0.4 is 10.3 Å². The van der Waals surface area contributed by atoms with Crippen molar-refractivity contribution < 1.29 is 0 Å². The van der Waals surface area contributed by atoms with Gasteiger partial charge in [-0.25, -0.2) is 0 Å². The Labute approximate surface area is 42.6 Å². The Bertz CT molecular complexity index is 169. The van der Waals surface area contributed by atoms with Crippen LogP contribution in [0.5, 0.6) is 0 Å². The van der Waals surface area contributed by atoms with E-state index in [1.807, 2.05) is 25.1 Å². The molecule has 0 fully saturated rings. The zero-order valence-corrected chi connectivity index (χ0v) is 4.52. The SMILES string of the molecule is CN(C)c1cc1=N. The van der Waals surface area contributed by atoms with Crippen molar-refractivity contribution in [1.29, 1.82) is 5.41 Å². The van der Waals surface area contributed by atoms with Crippen LogP contribution in [0, 0.1) is 5.41 Å². The summed E-state index contributed by atoms with van der Waals surface area (Å²) in [6.07, 6.45) is 0. The fraction of sp³-hybridized carbons (Fsp3) is 0.400. The van der Waals surface area contributed by atoms with E-state index in [4.69, 9.17) is 5.41 Å². The van der Waals surface area contributed by atoms with E-state index in [0.29, 0.717) is 5.36 Å². The number of hydrogen-bond acceptors (Lipinski definition) is 2. The predicted octanol–water partition coefficient (Wildman–Crippen LogP) is 0.108. The Morgan fingerprint density at radius 2 is 2.00 bits per heavy atom. The molecular weight excluding hydrogens is 88.1 g/mol. The molecule has 0 bridgehead atoms. The normalized spacial score (nSPS) is 10.0. The summed E-state index contributed by atoms with van der Waals surface area (Å²) in [5.74, 6) is 0. The predicted molar refractivity (Wildman–Crippen MR) is 29.0 cm³/mol. The Morgan fingerprint density at radius 3 is 2.00 bits per heavy atom. The van der Waals surface area contributed by atoms with E-state index >= 15 is 0 Å². The van der Waals surface area contributed by atoms with E-state index in [0.717, 1.165) is 5.69 Å². The molecule has 0 spiro atoms. The smallest absolute Gasteiger partial charge is 0.0795 e. The fourth-order valence-corrected chi connectivity index (χ4v) is 0.471. The number of hydrogen-bond donors (Lipinski definition) is 1. The van der Waals surface area contributed by atoms with Gasteiger partial charge in [-0.15, -0.1) is 0 Å². The van der Waals surface area contributed by atoms with Gasteiger partial charge in [0.2, 0.25) is 0 Å². The second-order valence-corrected chi connectivity index (χ2v) is 1.84. The monoisotopic (exact) mass is 96.1 g/mol. The van der Waals surface area contributed by atoms with Gasteiger partial charge in [-0.1, -0.05) is 0 Å². The summed E-state index contributed by atoms with van der Waals surface area (Å²) < 4.78 is 0. The molecule has 38 valence electrons. The van der Waals surface area contributed by atoms with Crippen molar-refractivity contribution in [2.45, 2.75) is 0 Å². The minimum atomic E-state index is 0.671. The van der Waals surface area contributed by atoms with E-state index in [1.165, 1.54) is 0 Å². The maximum Gasteiger partial charge on any atom is 0.0795 e. The topological polar surface area (TPSA) is 27.1 Å². The van der Waals surface area contributed by atoms with Gasteiger partial charge in [0.25, 0.3) is 0 Å². The molecular formula is C5H8N2. The molecule has 0 saturated carbocycles. The highest BCUT2D eigenvalue weighted by Crippen LogP contribution is 2.05. The van der Waals surface area contributed by atoms with Gasteiger partial charge in [0, 0.05) is 14.1 Å². The molecule has 0 aromatic heterocycles. The van der Waals surface area contributed by atoms with Gasteiger partial charge in [-0.3, -0.25) is 5.41 Å². The van der Waals surface area contributed by atoms with Crippen LogP contribution in [0.1, 0.15) is 0 Å². The highest BCUT2D eigenvalue weighted by molar-refractivity contribution is 5.53. The molecule has 0 aliphatic rings. The second kappa shape index (κ2) is 1.09. The molecule has 0 amide bonds. The lowest BCUT2D eigenvalue weighted by Crippen LogP contribution is -2.06. The van der Waals surface area contributed by atoms with E-state index in [1.54, 1.807) is 0 Å². The first-order valence-corrected chi connectivity index (χ1v) is 2.20. The molecule has 1 aromatic carbocycles. The van der Waals surface area contributed by atoms with Crippen LogP contribution in [0.4, 0.5) is 5.69 Å². The molecule has 0 heterocycles. The summed E-state index contributed by atoms with van der Waals surface area (Å²) in [6, 6.07) is 1.83. The molecule has 7 heavy (non-hydrogen) atoms. The van der Waals surface area contributed by atoms with Crippen molar-refractivity contribution in [3.63, 3.8) is 0 Å². The largest absolute Gasteiger partial charge is 0.376 e. The van der Waals surface area contributed by atoms with Crippen LogP contribution in [0.25, 0.3) is 0 Å². The van der Waals surface area contributed by atoms with Crippen molar-refractivity contribution in [3.05, 3.63) is 11.4 Å². The van der Waals surface area contributed by atoms with Crippen LogP contribution in [0.2, 0.25) is 0 Å². The first kappa shape index (κ1) is 4.37. The summed E-state index contributed by atoms with van der Waals surface area (Å²) in [7, 11) is 3.88. The van der Waals surface area contributed by atoms with Crippen LogP contribution in [-0.4, -0.2) is 14.1 Å². The number of anilines is 1. The standard InChI is InChI=1S/C5H8N2/c1-7(2)5-3-4(5)6/h3,6H,1-2H3. The van der Waals surface area contributed by atoms with Gasteiger partial charge in [0.15, 0.2) is 0 Å². The Morgan fingerprint density at radius 1 is 1.57 bits per heavy atom. The highest BCUT2D eigenvalue weighted by Gasteiger charge is 2.03. The quantitative estimate of drug-likeness (QED) is 0.527. The molecule has 0 atom stereocenters. The molecule has 0 saturated heterocycles. The van der Waals surface area contributed by atoms with E-state index in [9.17, 15) is 0 Å². The minimum Gasteiger partial charge on any atom is -0.376 e. The third-order valence-electron chi connectivity index (χ3n) is 0.955. The van der Waals surface area contributed by atoms with Crippen LogP contribution in [0.15, 0.2) is 6.07 Å². The van der Waals surface area contributed by atoms with Gasteiger partial charge in [-0.05, 0) is 6.07 Å². The van der Waals surface area contributed by atoms with Gasteiger partial charge in [0.1, 0.15) is 0 Å². The number of rotatable bonds is 1. The third-order valence-corrected chi connectivity index (χ3v) is 0.955. The van der Waals surface area contributed by atoms with Gasteiger partial charge in [0.05, 0.1) is 11.0 Å². The summed E-state index contributed by atoms with van der Waals surface area (Å²) in [5.41, 5.74) is 1.06. The van der Waals surface area contributed by atoms with Gasteiger partial charge in [-0.2, -0.15) is 0 Å². The van der Waals surface area contributed by atoms with Gasteiger partial charge >= 0.3 is 0 Å². The van der Waals surface area contributed by atoms with E-state index in [-0.39, 0.29) is 0 Å². The maximum absolute atomic E-state index is 6.96. The highest BCUT2D eigenvalue weighted by atomic mass is 15.1. The molecule has 2 heteroatoms. The zero-order valence-electron chi connectivity index (χ0n) is 4.52. The number of nitrogens with zero attached hydrogens (tertiary/aromatic N) is 1. The van der Waals surface area contributed by atoms with Crippen molar-refractivity contribution in [3.8, 4) is 0 Å². The van der Waals surface area contributed by atoms with Crippen LogP contribution in [-0.2, 0) is 0 Å². The van der Waals surface area contributed by atoms with Gasteiger partial charge < -0.3 is 4.90 Å². The molecule has 2 nitrogen and oxygen atoms in total. The van der Waals surface area contributed by atoms with Crippen molar-refractivity contribution in [1.82, 2.24) is 0 Å². The lowest BCUT2D eigenvalue weighted by atomic mass is 10.7. The van der Waals surface area contributed by atoms with E-state index < -0.39 is 0 Å². The van der Waals surface area contributed by atoms with Crippen LogP contribution in [0.3, 0.4) is 0 Å². The molecule has 0 aliphatic carbocycles. The maximum atomic E-state index is 6.96. The lowest BCUT2D eigenvalue weighted by Gasteiger charge is -2.00. The lowest BCUT2D eigenvalue weighted by molar-refractivity contribution is 1.15. The Balaban J connectivity index is 2.67.